The van der Waals surface area contributed by atoms with Gasteiger partial charge in [0.2, 0.25) is 5.91 Å². The van der Waals surface area contributed by atoms with E-state index >= 15 is 0 Å². The number of anilines is 1. The topological polar surface area (TPSA) is 53.4 Å². The van der Waals surface area contributed by atoms with Gasteiger partial charge >= 0.3 is 0 Å². The SMILES string of the molecule is Cl.Cl.Cn1c2c(c3ccc(N4CCN(CCc5ccccn5)CC4=O)cc31)CCNC2. The molecule has 0 aliphatic carbocycles. The minimum Gasteiger partial charge on any atom is -0.346 e. The zero-order valence-electron chi connectivity index (χ0n) is 17.7. The molecule has 6 nitrogen and oxygen atoms in total. The molecule has 1 amide bonds. The highest BCUT2D eigenvalue weighted by Crippen LogP contribution is 2.31. The lowest BCUT2D eigenvalue weighted by atomic mass is 10.0. The number of aromatic nitrogens is 2. The Bertz CT molecular complexity index is 1050. The van der Waals surface area contributed by atoms with Crippen LogP contribution in [0.25, 0.3) is 10.9 Å². The molecule has 1 saturated heterocycles. The molecule has 8 heteroatoms. The molecule has 0 radical (unpaired) electrons. The standard InChI is InChI=1S/C23H27N5O.2ClH/c1-26-21-14-18(5-6-19(21)20-7-10-24-15-22(20)26)28-13-12-27(16-23(28)29)11-8-17-4-2-3-9-25-17;;/h2-6,9,14,24H,7-8,10-13,15-16H2,1H3;2*1H. The van der Waals surface area contributed by atoms with Crippen LogP contribution in [-0.4, -0.2) is 53.1 Å². The number of piperazine rings is 1. The van der Waals surface area contributed by atoms with Crippen LogP contribution in [0.3, 0.4) is 0 Å². The van der Waals surface area contributed by atoms with Gasteiger partial charge in [-0.1, -0.05) is 12.1 Å². The van der Waals surface area contributed by atoms with Crippen LogP contribution in [0.4, 0.5) is 5.69 Å². The van der Waals surface area contributed by atoms with Gasteiger partial charge in [-0.05, 0) is 42.8 Å². The van der Waals surface area contributed by atoms with Crippen LogP contribution < -0.4 is 10.2 Å². The van der Waals surface area contributed by atoms with Crippen LogP contribution in [-0.2, 0) is 31.2 Å². The van der Waals surface area contributed by atoms with E-state index in [4.69, 9.17) is 0 Å². The lowest BCUT2D eigenvalue weighted by Gasteiger charge is -2.34. The first-order chi connectivity index (χ1) is 14.2. The van der Waals surface area contributed by atoms with Gasteiger partial charge < -0.3 is 14.8 Å². The van der Waals surface area contributed by atoms with E-state index in [1.165, 1.54) is 22.2 Å². The molecule has 0 saturated carbocycles. The van der Waals surface area contributed by atoms with Gasteiger partial charge in [-0.25, -0.2) is 0 Å². The van der Waals surface area contributed by atoms with Gasteiger partial charge in [0.15, 0.2) is 0 Å². The quantitative estimate of drug-likeness (QED) is 0.648. The third-order valence-electron chi connectivity index (χ3n) is 6.29. The van der Waals surface area contributed by atoms with Crippen LogP contribution in [0.15, 0.2) is 42.6 Å². The Labute approximate surface area is 195 Å². The molecular weight excluding hydrogens is 433 g/mol. The number of amides is 1. The zero-order chi connectivity index (χ0) is 19.8. The van der Waals surface area contributed by atoms with Crippen molar-refractivity contribution in [2.45, 2.75) is 19.4 Å². The van der Waals surface area contributed by atoms with Crippen molar-refractivity contribution in [2.24, 2.45) is 7.05 Å². The lowest BCUT2D eigenvalue weighted by molar-refractivity contribution is -0.121. The van der Waals surface area contributed by atoms with Crippen molar-refractivity contribution in [1.29, 1.82) is 0 Å². The average molecular weight is 462 g/mol. The molecule has 3 aromatic rings. The highest BCUT2D eigenvalue weighted by molar-refractivity contribution is 5.98. The third-order valence-corrected chi connectivity index (χ3v) is 6.29. The van der Waals surface area contributed by atoms with Crippen LogP contribution in [0.2, 0.25) is 0 Å². The first-order valence-electron chi connectivity index (χ1n) is 10.4. The third kappa shape index (κ3) is 4.58. The molecule has 166 valence electrons. The summed E-state index contributed by atoms with van der Waals surface area (Å²) in [5.74, 6) is 0.178. The number of pyridine rings is 1. The fourth-order valence-electron chi connectivity index (χ4n) is 4.65. The number of benzene rings is 1. The van der Waals surface area contributed by atoms with Gasteiger partial charge in [-0.2, -0.15) is 0 Å². The Hall–Kier alpha value is -2.12. The van der Waals surface area contributed by atoms with Crippen molar-refractivity contribution < 1.29 is 4.79 Å². The molecule has 31 heavy (non-hydrogen) atoms. The second kappa shape index (κ2) is 10.0. The smallest absolute Gasteiger partial charge is 0.241 e. The predicted molar refractivity (Wildman–Crippen MR) is 130 cm³/mol. The molecule has 0 spiro atoms. The maximum atomic E-state index is 12.9. The first kappa shape index (κ1) is 23.5. The van der Waals surface area contributed by atoms with E-state index < -0.39 is 0 Å². The molecule has 5 rings (SSSR count). The van der Waals surface area contributed by atoms with E-state index in [-0.39, 0.29) is 30.7 Å². The minimum atomic E-state index is 0. The maximum absolute atomic E-state index is 12.9. The molecule has 0 unspecified atom stereocenters. The number of rotatable bonds is 4. The van der Waals surface area contributed by atoms with Gasteiger partial charge in [0, 0.05) is 68.3 Å². The fourth-order valence-corrected chi connectivity index (χ4v) is 4.65. The van der Waals surface area contributed by atoms with E-state index in [1.54, 1.807) is 0 Å². The van der Waals surface area contributed by atoms with E-state index in [0.29, 0.717) is 6.54 Å². The van der Waals surface area contributed by atoms with Crippen LogP contribution >= 0.6 is 24.8 Å². The van der Waals surface area contributed by atoms with Gasteiger partial charge in [-0.15, -0.1) is 24.8 Å². The second-order valence-electron chi connectivity index (χ2n) is 8.01. The largest absolute Gasteiger partial charge is 0.346 e. The summed E-state index contributed by atoms with van der Waals surface area (Å²) >= 11 is 0. The molecule has 1 N–H and O–H groups in total. The van der Waals surface area contributed by atoms with Crippen molar-refractivity contribution >= 4 is 47.3 Å². The number of hydrogen-bond donors (Lipinski definition) is 1. The monoisotopic (exact) mass is 461 g/mol. The van der Waals surface area contributed by atoms with Crippen LogP contribution in [0.1, 0.15) is 17.0 Å². The average Bonchev–Trinajstić information content (AvgIpc) is 3.05. The molecule has 0 bridgehead atoms. The summed E-state index contributed by atoms with van der Waals surface area (Å²) in [5, 5.41) is 4.79. The number of aryl methyl sites for hydroxylation is 1. The van der Waals surface area contributed by atoms with Gasteiger partial charge in [-0.3, -0.25) is 14.7 Å². The molecule has 1 fully saturated rings. The fraction of sp³-hybridized carbons (Fsp3) is 0.391. The Morgan fingerprint density at radius 1 is 1.13 bits per heavy atom. The number of carbonyl (C=O) groups is 1. The predicted octanol–water partition coefficient (Wildman–Crippen LogP) is 2.95. The maximum Gasteiger partial charge on any atom is 0.241 e. The van der Waals surface area contributed by atoms with E-state index in [1.807, 2.05) is 29.3 Å². The van der Waals surface area contributed by atoms with Crippen LogP contribution in [0.5, 0.6) is 0 Å². The second-order valence-corrected chi connectivity index (χ2v) is 8.01. The molecule has 4 heterocycles. The Balaban J connectivity index is 0.00000136. The number of nitrogens with one attached hydrogen (secondary N) is 1. The number of fused-ring (bicyclic) bond motifs is 3. The van der Waals surface area contributed by atoms with Gasteiger partial charge in [0.25, 0.3) is 0 Å². The first-order valence-corrected chi connectivity index (χ1v) is 10.4. The molecule has 0 atom stereocenters. The van der Waals surface area contributed by atoms with Crippen molar-refractivity contribution in [2.75, 3.05) is 37.6 Å². The molecule has 2 aliphatic rings. The highest BCUT2D eigenvalue weighted by atomic mass is 35.5. The molecular formula is C23H29Cl2N5O. The van der Waals surface area contributed by atoms with E-state index in [2.05, 4.69) is 45.0 Å². The van der Waals surface area contributed by atoms with Crippen molar-refractivity contribution in [3.05, 3.63) is 59.5 Å². The van der Waals surface area contributed by atoms with E-state index in [0.717, 1.165) is 56.9 Å². The summed E-state index contributed by atoms with van der Waals surface area (Å²) < 4.78 is 2.29. The van der Waals surface area contributed by atoms with Crippen molar-refractivity contribution in [3.63, 3.8) is 0 Å². The van der Waals surface area contributed by atoms with E-state index in [9.17, 15) is 4.79 Å². The Kier molecular flexibility index (Phi) is 7.59. The summed E-state index contributed by atoms with van der Waals surface area (Å²) in [6.45, 7) is 4.92. The summed E-state index contributed by atoms with van der Waals surface area (Å²) in [6.07, 6.45) is 3.77. The molecule has 2 aliphatic heterocycles. The summed E-state index contributed by atoms with van der Waals surface area (Å²) in [7, 11) is 2.13. The Morgan fingerprint density at radius 2 is 2.00 bits per heavy atom. The molecule has 2 aromatic heterocycles. The number of carbonyl (C=O) groups excluding carboxylic acids is 1. The lowest BCUT2D eigenvalue weighted by Crippen LogP contribution is -2.50. The Morgan fingerprint density at radius 3 is 2.77 bits per heavy atom. The van der Waals surface area contributed by atoms with Gasteiger partial charge in [0.1, 0.15) is 0 Å². The summed E-state index contributed by atoms with van der Waals surface area (Å²) in [5.41, 5.74) is 6.14. The normalized spacial score (nSPS) is 16.5. The number of nitrogens with zero attached hydrogens (tertiary/aromatic N) is 4. The minimum absolute atomic E-state index is 0. The zero-order valence-corrected chi connectivity index (χ0v) is 19.3. The highest BCUT2D eigenvalue weighted by Gasteiger charge is 2.26. The van der Waals surface area contributed by atoms with Gasteiger partial charge in [0.05, 0.1) is 12.1 Å². The summed E-state index contributed by atoms with van der Waals surface area (Å²) in [4.78, 5) is 21.4. The van der Waals surface area contributed by atoms with Crippen molar-refractivity contribution in [3.8, 4) is 0 Å². The number of hydrogen-bond acceptors (Lipinski definition) is 4. The summed E-state index contributed by atoms with van der Waals surface area (Å²) in [6, 6.07) is 12.5. The van der Waals surface area contributed by atoms with Crippen molar-refractivity contribution in [1.82, 2.24) is 19.8 Å². The molecule has 1 aromatic carbocycles. The van der Waals surface area contributed by atoms with Crippen LogP contribution in [0, 0.1) is 0 Å². The number of halogens is 2.